The second-order valence-corrected chi connectivity index (χ2v) is 7.80. The third kappa shape index (κ3) is 7.33. The number of nitrogens with zero attached hydrogens (tertiary/aromatic N) is 1. The van der Waals surface area contributed by atoms with E-state index in [1.807, 2.05) is 18.2 Å². The monoisotopic (exact) mass is 441 g/mol. The highest BCUT2D eigenvalue weighted by Gasteiger charge is 2.12. The fraction of sp³-hybridized carbons (Fsp3) is 0.250. The third-order valence-electron chi connectivity index (χ3n) is 5.25. The zero-order chi connectivity index (χ0) is 23.5. The van der Waals surface area contributed by atoms with Gasteiger partial charge < -0.3 is 9.47 Å². The van der Waals surface area contributed by atoms with Gasteiger partial charge in [0.25, 0.3) is 0 Å². The Kier molecular flexibility index (Phi) is 8.79. The molecule has 0 atom stereocenters. The van der Waals surface area contributed by atoms with Crippen molar-refractivity contribution in [2.24, 2.45) is 0 Å². The number of carbonyl (C=O) groups is 2. The maximum absolute atomic E-state index is 12.4. The lowest BCUT2D eigenvalue weighted by atomic mass is 10.0. The van der Waals surface area contributed by atoms with E-state index in [4.69, 9.17) is 14.7 Å². The third-order valence-corrected chi connectivity index (χ3v) is 5.25. The van der Waals surface area contributed by atoms with Gasteiger partial charge in [-0.15, -0.1) is 0 Å². The van der Waals surface area contributed by atoms with E-state index in [1.54, 1.807) is 48.5 Å². The average Bonchev–Trinajstić information content (AvgIpc) is 2.85. The van der Waals surface area contributed by atoms with E-state index in [9.17, 15) is 9.59 Å². The van der Waals surface area contributed by atoms with Gasteiger partial charge >= 0.3 is 11.9 Å². The Balaban J connectivity index is 1.51. The molecule has 3 aromatic rings. The Hall–Kier alpha value is -3.91. The van der Waals surface area contributed by atoms with E-state index in [-0.39, 0.29) is 0 Å². The maximum atomic E-state index is 12.4. The van der Waals surface area contributed by atoms with Crippen LogP contribution in [-0.4, -0.2) is 11.9 Å². The van der Waals surface area contributed by atoms with Gasteiger partial charge in [0.05, 0.1) is 22.8 Å². The van der Waals surface area contributed by atoms with Gasteiger partial charge in [0.1, 0.15) is 11.5 Å². The number of rotatable bonds is 10. The van der Waals surface area contributed by atoms with Crippen LogP contribution in [0, 0.1) is 11.3 Å². The van der Waals surface area contributed by atoms with Crippen LogP contribution in [-0.2, 0) is 6.42 Å². The number of unbranched alkanes of at least 4 members (excludes halogenated alkanes) is 4. The molecule has 3 aromatic carbocycles. The summed E-state index contributed by atoms with van der Waals surface area (Å²) in [7, 11) is 0. The summed E-state index contributed by atoms with van der Waals surface area (Å²) in [6.45, 7) is 2.21. The predicted octanol–water partition coefficient (Wildman–Crippen LogP) is 6.51. The number of nitriles is 1. The molecule has 0 saturated carbocycles. The summed E-state index contributed by atoms with van der Waals surface area (Å²) in [6.07, 6.45) is 7.19. The summed E-state index contributed by atoms with van der Waals surface area (Å²) in [4.78, 5) is 24.7. The lowest BCUT2D eigenvalue weighted by molar-refractivity contribution is 0.0730. The number of ether oxygens (including phenoxy) is 2. The lowest BCUT2D eigenvalue weighted by Crippen LogP contribution is -2.10. The van der Waals surface area contributed by atoms with E-state index in [2.05, 4.69) is 6.92 Å². The van der Waals surface area contributed by atoms with Crippen molar-refractivity contribution < 1.29 is 19.1 Å². The lowest BCUT2D eigenvalue weighted by Gasteiger charge is -2.07. The van der Waals surface area contributed by atoms with Crippen LogP contribution in [0.5, 0.6) is 11.5 Å². The van der Waals surface area contributed by atoms with Gasteiger partial charge in [0, 0.05) is 0 Å². The molecule has 0 aliphatic heterocycles. The smallest absolute Gasteiger partial charge is 0.343 e. The molecule has 0 spiro atoms. The molecule has 0 fully saturated rings. The summed E-state index contributed by atoms with van der Waals surface area (Å²) in [5.74, 6) is -0.297. The van der Waals surface area contributed by atoms with Crippen LogP contribution in [0.3, 0.4) is 0 Å². The van der Waals surface area contributed by atoms with Crippen molar-refractivity contribution in [3.05, 3.63) is 95.1 Å². The highest BCUT2D eigenvalue weighted by Crippen LogP contribution is 2.18. The number of carbonyl (C=O) groups excluding carboxylic acids is 2. The Bertz CT molecular complexity index is 1090. The minimum absolute atomic E-state index is 0.322. The molecule has 5 heteroatoms. The Morgan fingerprint density at radius 2 is 1.18 bits per heavy atom. The van der Waals surface area contributed by atoms with Crippen LogP contribution in [0.1, 0.15) is 70.9 Å². The molecular weight excluding hydrogens is 414 g/mol. The zero-order valence-corrected chi connectivity index (χ0v) is 18.8. The van der Waals surface area contributed by atoms with E-state index in [0.29, 0.717) is 28.2 Å². The van der Waals surface area contributed by atoms with Crippen molar-refractivity contribution in [1.82, 2.24) is 0 Å². The molecule has 0 bridgehead atoms. The number of hydrogen-bond acceptors (Lipinski definition) is 5. The van der Waals surface area contributed by atoms with Crippen molar-refractivity contribution >= 4 is 11.9 Å². The largest absolute Gasteiger partial charge is 0.423 e. The quantitative estimate of drug-likeness (QED) is 0.204. The average molecular weight is 442 g/mol. The minimum atomic E-state index is -0.539. The fourth-order valence-corrected chi connectivity index (χ4v) is 3.33. The number of benzene rings is 3. The Morgan fingerprint density at radius 1 is 0.697 bits per heavy atom. The SMILES string of the molecule is CCCCCCCc1ccc(C(=O)Oc2ccc(C(=O)Oc3ccc(C#N)cc3)cc2)cc1. The molecule has 0 N–H and O–H groups in total. The first kappa shape index (κ1) is 23.7. The van der Waals surface area contributed by atoms with Crippen LogP contribution in [0.4, 0.5) is 0 Å². The van der Waals surface area contributed by atoms with E-state index in [0.717, 1.165) is 12.8 Å². The van der Waals surface area contributed by atoms with Gasteiger partial charge in [-0.3, -0.25) is 0 Å². The highest BCUT2D eigenvalue weighted by atomic mass is 16.5. The van der Waals surface area contributed by atoms with Crippen molar-refractivity contribution in [1.29, 1.82) is 5.26 Å². The topological polar surface area (TPSA) is 76.4 Å². The molecular formula is C28H27NO4. The van der Waals surface area contributed by atoms with E-state index < -0.39 is 11.9 Å². The number of esters is 2. The Labute approximate surface area is 194 Å². The molecule has 0 aliphatic carbocycles. The standard InChI is InChI=1S/C28H27NO4/c1-2-3-4-5-6-7-21-8-12-23(13-9-21)27(30)33-26-18-14-24(15-19-26)28(31)32-25-16-10-22(20-29)11-17-25/h8-19H,2-7H2,1H3. The fourth-order valence-electron chi connectivity index (χ4n) is 3.33. The van der Waals surface area contributed by atoms with Crippen molar-refractivity contribution in [3.63, 3.8) is 0 Å². The molecule has 0 unspecified atom stereocenters. The molecule has 0 amide bonds. The van der Waals surface area contributed by atoms with Gasteiger partial charge in [0.15, 0.2) is 0 Å². The van der Waals surface area contributed by atoms with Gasteiger partial charge in [-0.25, -0.2) is 9.59 Å². The first-order chi connectivity index (χ1) is 16.1. The molecule has 0 saturated heterocycles. The summed E-state index contributed by atoms with van der Waals surface area (Å²) >= 11 is 0. The highest BCUT2D eigenvalue weighted by molar-refractivity contribution is 5.92. The first-order valence-corrected chi connectivity index (χ1v) is 11.2. The summed E-state index contributed by atoms with van der Waals surface area (Å²) in [5, 5.41) is 8.82. The number of hydrogen-bond donors (Lipinski definition) is 0. The van der Waals surface area contributed by atoms with Crippen molar-refractivity contribution in [3.8, 4) is 17.6 Å². The summed E-state index contributed by atoms with van der Waals surface area (Å²) < 4.78 is 10.7. The summed E-state index contributed by atoms with van der Waals surface area (Å²) in [5.41, 5.74) is 2.50. The Morgan fingerprint density at radius 3 is 1.70 bits per heavy atom. The van der Waals surface area contributed by atoms with Gasteiger partial charge in [0.2, 0.25) is 0 Å². The van der Waals surface area contributed by atoms with Gasteiger partial charge in [-0.2, -0.15) is 5.26 Å². The normalized spacial score (nSPS) is 10.3. The maximum Gasteiger partial charge on any atom is 0.343 e. The second-order valence-electron chi connectivity index (χ2n) is 7.80. The zero-order valence-electron chi connectivity index (χ0n) is 18.8. The molecule has 5 nitrogen and oxygen atoms in total. The first-order valence-electron chi connectivity index (χ1n) is 11.2. The van der Waals surface area contributed by atoms with E-state index >= 15 is 0 Å². The molecule has 0 aliphatic rings. The molecule has 0 aromatic heterocycles. The second kappa shape index (κ2) is 12.2. The molecule has 0 heterocycles. The van der Waals surface area contributed by atoms with Crippen LogP contribution in [0.2, 0.25) is 0 Å². The van der Waals surface area contributed by atoms with Gasteiger partial charge in [-0.1, -0.05) is 44.7 Å². The molecule has 3 rings (SSSR count). The molecule has 0 radical (unpaired) electrons. The van der Waals surface area contributed by atoms with Crippen LogP contribution in [0.25, 0.3) is 0 Å². The summed E-state index contributed by atoms with van der Waals surface area (Å²) in [6, 6.07) is 22.0. The van der Waals surface area contributed by atoms with Crippen LogP contribution in [0.15, 0.2) is 72.8 Å². The minimum Gasteiger partial charge on any atom is -0.423 e. The predicted molar refractivity (Wildman–Crippen MR) is 126 cm³/mol. The number of aryl methyl sites for hydroxylation is 1. The van der Waals surface area contributed by atoms with Crippen molar-refractivity contribution in [2.75, 3.05) is 0 Å². The van der Waals surface area contributed by atoms with Crippen LogP contribution >= 0.6 is 0 Å². The van der Waals surface area contributed by atoms with E-state index in [1.165, 1.54) is 43.4 Å². The van der Waals surface area contributed by atoms with Gasteiger partial charge in [-0.05, 0) is 79.1 Å². The molecule has 168 valence electrons. The van der Waals surface area contributed by atoms with Crippen LogP contribution < -0.4 is 9.47 Å². The molecule has 33 heavy (non-hydrogen) atoms. The van der Waals surface area contributed by atoms with Crippen molar-refractivity contribution in [2.45, 2.75) is 45.4 Å².